The summed E-state index contributed by atoms with van der Waals surface area (Å²) >= 11 is 1.57. The van der Waals surface area contributed by atoms with Gasteiger partial charge in [0, 0.05) is 24.7 Å². The van der Waals surface area contributed by atoms with Crippen molar-refractivity contribution < 1.29 is 19.4 Å². The van der Waals surface area contributed by atoms with Crippen molar-refractivity contribution in [3.8, 4) is 11.1 Å². The molecule has 244 valence electrons. The number of amides is 1. The predicted molar refractivity (Wildman–Crippen MR) is 185 cm³/mol. The van der Waals surface area contributed by atoms with Gasteiger partial charge in [0.05, 0.1) is 12.7 Å². The van der Waals surface area contributed by atoms with E-state index < -0.39 is 12.0 Å². The molecule has 1 saturated carbocycles. The number of thioether (sulfide) groups is 1. The third kappa shape index (κ3) is 10.9. The van der Waals surface area contributed by atoms with Gasteiger partial charge in [-0.05, 0) is 84.9 Å². The number of likely N-dealkylation sites (tertiary alicyclic amines) is 1. The fourth-order valence-corrected chi connectivity index (χ4v) is 6.65. The van der Waals surface area contributed by atoms with Crippen LogP contribution in [0.1, 0.15) is 106 Å². The lowest BCUT2D eigenvalue weighted by atomic mass is 9.93. The molecular formula is C37H56N2O4S. The number of nitrogens with one attached hydrogen (secondary N) is 1. The van der Waals surface area contributed by atoms with Crippen LogP contribution in [0.4, 0.5) is 0 Å². The number of carboxylic acid groups (broad SMARTS) is 1. The van der Waals surface area contributed by atoms with Gasteiger partial charge in [0.25, 0.3) is 5.91 Å². The molecule has 4 rings (SSSR count). The van der Waals surface area contributed by atoms with E-state index in [9.17, 15) is 14.7 Å². The lowest BCUT2D eigenvalue weighted by Crippen LogP contribution is -2.41. The zero-order valence-corrected chi connectivity index (χ0v) is 28.6. The summed E-state index contributed by atoms with van der Waals surface area (Å²) in [6, 6.07) is 13.6. The zero-order chi connectivity index (χ0) is 31.9. The molecule has 0 spiro atoms. The predicted octanol–water partition coefficient (Wildman–Crippen LogP) is 8.35. The number of nitrogens with zero attached hydrogens (tertiary/aromatic N) is 1. The second-order valence-corrected chi connectivity index (χ2v) is 13.5. The Kier molecular flexibility index (Phi) is 15.8. The van der Waals surface area contributed by atoms with Crippen molar-refractivity contribution in [2.75, 3.05) is 25.2 Å². The molecule has 1 aliphatic carbocycles. The lowest BCUT2D eigenvalue weighted by Gasteiger charge is -2.28. The molecule has 1 aliphatic heterocycles. The number of unbranched alkanes of at least 4 members (excludes halogenated alkanes) is 1. The van der Waals surface area contributed by atoms with Gasteiger partial charge in [-0.2, -0.15) is 11.8 Å². The number of hydrogen-bond acceptors (Lipinski definition) is 5. The summed E-state index contributed by atoms with van der Waals surface area (Å²) in [7, 11) is 0. The maximum Gasteiger partial charge on any atom is 0.326 e. The Hall–Kier alpha value is -2.35. The van der Waals surface area contributed by atoms with E-state index in [0.29, 0.717) is 35.8 Å². The van der Waals surface area contributed by atoms with E-state index in [1.807, 2.05) is 49.6 Å². The number of carbonyl (C=O) groups is 2. The summed E-state index contributed by atoms with van der Waals surface area (Å²) in [6.45, 7) is 11.3. The van der Waals surface area contributed by atoms with Crippen LogP contribution in [0.2, 0.25) is 0 Å². The number of carboxylic acids is 1. The van der Waals surface area contributed by atoms with Gasteiger partial charge in [0.2, 0.25) is 0 Å². The molecule has 2 unspecified atom stereocenters. The molecule has 0 bridgehead atoms. The molecule has 1 saturated heterocycles. The van der Waals surface area contributed by atoms with Gasteiger partial charge in [-0.25, -0.2) is 4.79 Å². The van der Waals surface area contributed by atoms with Crippen molar-refractivity contribution in [2.45, 2.75) is 117 Å². The van der Waals surface area contributed by atoms with Crippen LogP contribution in [0.5, 0.6) is 0 Å². The van der Waals surface area contributed by atoms with Gasteiger partial charge in [0.1, 0.15) is 6.04 Å². The molecule has 44 heavy (non-hydrogen) atoms. The van der Waals surface area contributed by atoms with Gasteiger partial charge < -0.3 is 15.2 Å². The van der Waals surface area contributed by atoms with Gasteiger partial charge >= 0.3 is 5.97 Å². The van der Waals surface area contributed by atoms with Gasteiger partial charge in [-0.3, -0.25) is 9.69 Å². The number of benzene rings is 2. The first-order chi connectivity index (χ1) is 21.3. The smallest absolute Gasteiger partial charge is 0.326 e. The SMILES string of the molecule is CCC1C[C@@H](COC2CCCCC2)N(Cc2ccc(C(=O)NC(CCSC)C(=O)O)c(-c3ccccc3C)c2)C1.CCCC. The Bertz CT molecular complexity index is 1160. The van der Waals surface area contributed by atoms with Crippen LogP contribution >= 0.6 is 11.8 Å². The Labute approximate surface area is 270 Å². The monoisotopic (exact) mass is 624 g/mol. The van der Waals surface area contributed by atoms with Crippen molar-refractivity contribution in [1.82, 2.24) is 10.2 Å². The molecule has 2 fully saturated rings. The number of rotatable bonds is 14. The van der Waals surface area contributed by atoms with E-state index in [1.165, 1.54) is 57.8 Å². The maximum atomic E-state index is 13.4. The summed E-state index contributed by atoms with van der Waals surface area (Å²) < 4.78 is 6.43. The standard InChI is InChI=1S/C33H46N2O4S.C4H10/c1-4-24-18-26(22-39-27-11-6-5-7-12-27)35(20-24)21-25-14-15-29(30(19-25)28-13-9-8-10-23(28)2)32(36)34-31(33(37)38)16-17-40-3;1-3-4-2/h8-10,13-15,19,24,26-27,31H,4-7,11-12,16-18,20-22H2,1-3H3,(H,34,36)(H,37,38);3-4H2,1-2H3/t24?,26-,31?;/m0./s1. The number of aryl methyl sites for hydroxylation is 1. The van der Waals surface area contributed by atoms with Crippen molar-refractivity contribution in [1.29, 1.82) is 0 Å². The third-order valence-electron chi connectivity index (χ3n) is 9.13. The highest BCUT2D eigenvalue weighted by molar-refractivity contribution is 7.98. The third-order valence-corrected chi connectivity index (χ3v) is 9.78. The molecule has 0 radical (unpaired) electrons. The highest BCUT2D eigenvalue weighted by Crippen LogP contribution is 2.32. The Morgan fingerprint density at radius 2 is 1.77 bits per heavy atom. The maximum absolute atomic E-state index is 13.4. The van der Waals surface area contributed by atoms with Crippen LogP contribution in [0.15, 0.2) is 42.5 Å². The van der Waals surface area contributed by atoms with Gasteiger partial charge in [-0.1, -0.05) is 89.6 Å². The highest BCUT2D eigenvalue weighted by Gasteiger charge is 2.32. The van der Waals surface area contributed by atoms with Crippen LogP contribution in [0, 0.1) is 12.8 Å². The zero-order valence-electron chi connectivity index (χ0n) is 27.8. The molecule has 0 aromatic heterocycles. The molecule has 1 heterocycles. The summed E-state index contributed by atoms with van der Waals surface area (Å²) in [6.07, 6.45) is 14.0. The normalized spacial score (nSPS) is 19.7. The summed E-state index contributed by atoms with van der Waals surface area (Å²) in [5.41, 5.74) is 4.60. The van der Waals surface area contributed by atoms with Crippen molar-refractivity contribution in [3.05, 3.63) is 59.2 Å². The van der Waals surface area contributed by atoms with Crippen LogP contribution in [0.25, 0.3) is 11.1 Å². The first-order valence-electron chi connectivity index (χ1n) is 16.9. The Morgan fingerprint density at radius 1 is 1.05 bits per heavy atom. The quantitative estimate of drug-likeness (QED) is 0.220. The van der Waals surface area contributed by atoms with E-state index in [4.69, 9.17) is 4.74 Å². The van der Waals surface area contributed by atoms with Crippen molar-refractivity contribution in [2.24, 2.45) is 5.92 Å². The molecule has 7 heteroatoms. The molecule has 2 aromatic rings. The molecular weight excluding hydrogens is 568 g/mol. The summed E-state index contributed by atoms with van der Waals surface area (Å²) in [5, 5.41) is 12.5. The minimum absolute atomic E-state index is 0.343. The minimum atomic E-state index is -1.00. The summed E-state index contributed by atoms with van der Waals surface area (Å²) in [5.74, 6) is -0.00190. The number of aliphatic carboxylic acids is 1. The van der Waals surface area contributed by atoms with Gasteiger partial charge in [-0.15, -0.1) is 0 Å². The van der Waals surface area contributed by atoms with Crippen LogP contribution < -0.4 is 5.32 Å². The molecule has 1 amide bonds. The molecule has 2 aromatic carbocycles. The number of ether oxygens (including phenoxy) is 1. The second kappa shape index (κ2) is 19.2. The Balaban J connectivity index is 0.00000124. The fourth-order valence-electron chi connectivity index (χ4n) is 6.18. The fraction of sp³-hybridized carbons (Fsp3) is 0.622. The minimum Gasteiger partial charge on any atom is -0.480 e. The topological polar surface area (TPSA) is 78.9 Å². The second-order valence-electron chi connectivity index (χ2n) is 12.5. The lowest BCUT2D eigenvalue weighted by molar-refractivity contribution is -0.139. The molecule has 6 nitrogen and oxygen atoms in total. The van der Waals surface area contributed by atoms with E-state index in [1.54, 1.807) is 11.8 Å². The van der Waals surface area contributed by atoms with E-state index in [2.05, 4.69) is 37.1 Å². The molecule has 2 aliphatic rings. The average molecular weight is 625 g/mol. The van der Waals surface area contributed by atoms with Crippen molar-refractivity contribution >= 4 is 23.6 Å². The summed E-state index contributed by atoms with van der Waals surface area (Å²) in [4.78, 5) is 27.8. The van der Waals surface area contributed by atoms with Gasteiger partial charge in [0.15, 0.2) is 0 Å². The van der Waals surface area contributed by atoms with E-state index in [-0.39, 0.29) is 5.91 Å². The highest BCUT2D eigenvalue weighted by atomic mass is 32.2. The van der Waals surface area contributed by atoms with E-state index in [0.717, 1.165) is 42.0 Å². The largest absolute Gasteiger partial charge is 0.480 e. The molecule has 3 atom stereocenters. The molecule has 2 N–H and O–H groups in total. The van der Waals surface area contributed by atoms with Crippen LogP contribution in [0.3, 0.4) is 0 Å². The van der Waals surface area contributed by atoms with E-state index >= 15 is 0 Å². The number of carbonyl (C=O) groups excluding carboxylic acids is 1. The first kappa shape index (κ1) is 36.1. The Morgan fingerprint density at radius 3 is 2.41 bits per heavy atom. The average Bonchev–Trinajstić information content (AvgIpc) is 3.44. The van der Waals surface area contributed by atoms with Crippen LogP contribution in [-0.2, 0) is 16.1 Å². The van der Waals surface area contributed by atoms with Crippen LogP contribution in [-0.4, -0.2) is 65.2 Å². The number of hydrogen-bond donors (Lipinski definition) is 2. The first-order valence-corrected chi connectivity index (χ1v) is 18.3. The van der Waals surface area contributed by atoms with Crippen molar-refractivity contribution in [3.63, 3.8) is 0 Å².